The Hall–Kier alpha value is -3.82. The van der Waals surface area contributed by atoms with E-state index >= 15 is 0 Å². The number of aromatic nitrogens is 5. The molecule has 0 radical (unpaired) electrons. The fourth-order valence-corrected chi connectivity index (χ4v) is 6.14. The highest BCUT2D eigenvalue weighted by molar-refractivity contribution is 6.76. The number of aryl methyl sites for hydroxylation is 1. The van der Waals surface area contributed by atoms with Crippen molar-refractivity contribution in [1.29, 1.82) is 0 Å². The summed E-state index contributed by atoms with van der Waals surface area (Å²) in [6.07, 6.45) is 5.71. The molecule has 0 saturated carbocycles. The van der Waals surface area contributed by atoms with Crippen molar-refractivity contribution in [3.63, 3.8) is 0 Å². The Bertz CT molecular complexity index is 1710. The van der Waals surface area contributed by atoms with Crippen LogP contribution in [0, 0.1) is 11.6 Å². The molecule has 1 unspecified atom stereocenters. The summed E-state index contributed by atoms with van der Waals surface area (Å²) in [4.78, 5) is 20.3. The predicted molar refractivity (Wildman–Crippen MR) is 187 cm³/mol. The summed E-state index contributed by atoms with van der Waals surface area (Å²) in [5.74, 6) is -0.918. The number of rotatable bonds is 16. The number of hydrogen-bond donors (Lipinski definition) is 0. The molecule has 1 saturated heterocycles. The molecular formula is C35H43ClF2N6O5Si. The molecule has 15 heteroatoms. The zero-order chi connectivity index (χ0) is 35.7. The third-order valence-electron chi connectivity index (χ3n) is 8.20. The zero-order valence-corrected chi connectivity index (χ0v) is 30.6. The first-order chi connectivity index (χ1) is 24.0. The molecule has 1 fully saturated rings. The van der Waals surface area contributed by atoms with Crippen molar-refractivity contribution >= 4 is 31.5 Å². The van der Waals surface area contributed by atoms with Crippen LogP contribution < -0.4 is 9.64 Å². The van der Waals surface area contributed by atoms with Crippen molar-refractivity contribution < 1.29 is 32.5 Å². The summed E-state index contributed by atoms with van der Waals surface area (Å²) in [5, 5.41) is 12.4. The van der Waals surface area contributed by atoms with Crippen LogP contribution in [0.2, 0.25) is 30.7 Å². The lowest BCUT2D eigenvalue weighted by molar-refractivity contribution is -0.168. The van der Waals surface area contributed by atoms with Crippen LogP contribution in [0.3, 0.4) is 0 Å². The number of methoxy groups -OCH3 is 1. The Balaban J connectivity index is 1.47. The van der Waals surface area contributed by atoms with Gasteiger partial charge in [0.1, 0.15) is 29.1 Å². The molecule has 1 amide bonds. The Morgan fingerprint density at radius 1 is 1.08 bits per heavy atom. The van der Waals surface area contributed by atoms with E-state index in [2.05, 4.69) is 29.8 Å². The third-order valence-corrected chi connectivity index (χ3v) is 10.3. The second-order valence-corrected chi connectivity index (χ2v) is 19.3. The number of ether oxygens (including phenoxy) is 4. The largest absolute Gasteiger partial charge is 0.497 e. The van der Waals surface area contributed by atoms with E-state index in [-0.39, 0.29) is 50.9 Å². The van der Waals surface area contributed by atoms with Gasteiger partial charge in [-0.2, -0.15) is 15.2 Å². The fraction of sp³-hybridized carbons (Fsp3) is 0.457. The van der Waals surface area contributed by atoms with E-state index in [4.69, 9.17) is 40.6 Å². The maximum absolute atomic E-state index is 14.2. The summed E-state index contributed by atoms with van der Waals surface area (Å²) in [7, 11) is 0.208. The van der Waals surface area contributed by atoms with E-state index in [1.807, 2.05) is 12.1 Å². The highest BCUT2D eigenvalue weighted by atomic mass is 35.5. The Labute approximate surface area is 296 Å². The molecule has 11 nitrogen and oxygen atoms in total. The lowest BCUT2D eigenvalue weighted by atomic mass is 10.1. The minimum Gasteiger partial charge on any atom is -0.497 e. The second-order valence-electron chi connectivity index (χ2n) is 13.3. The predicted octanol–water partition coefficient (Wildman–Crippen LogP) is 7.20. The third kappa shape index (κ3) is 10.4. The Morgan fingerprint density at radius 3 is 2.50 bits per heavy atom. The van der Waals surface area contributed by atoms with E-state index in [1.54, 1.807) is 36.3 Å². The first-order valence-corrected chi connectivity index (χ1v) is 20.7. The maximum atomic E-state index is 14.2. The van der Waals surface area contributed by atoms with Gasteiger partial charge in [0.05, 0.1) is 32.7 Å². The van der Waals surface area contributed by atoms with Gasteiger partial charge in [0.15, 0.2) is 12.1 Å². The van der Waals surface area contributed by atoms with Gasteiger partial charge >= 0.3 is 0 Å². The quantitative estimate of drug-likeness (QED) is 0.0672. The van der Waals surface area contributed by atoms with Crippen LogP contribution in [-0.4, -0.2) is 65.6 Å². The van der Waals surface area contributed by atoms with Crippen LogP contribution in [0.4, 0.5) is 14.7 Å². The summed E-state index contributed by atoms with van der Waals surface area (Å²) >= 11 is 5.68. The average Bonchev–Trinajstić information content (AvgIpc) is 3.53. The van der Waals surface area contributed by atoms with E-state index < -0.39 is 24.7 Å². The molecule has 3 heterocycles. The molecule has 2 aromatic carbocycles. The first-order valence-electron chi connectivity index (χ1n) is 16.6. The van der Waals surface area contributed by atoms with E-state index in [9.17, 15) is 13.6 Å². The average molecular weight is 729 g/mol. The zero-order valence-electron chi connectivity index (χ0n) is 28.8. The molecule has 1 atom stereocenters. The van der Waals surface area contributed by atoms with Crippen molar-refractivity contribution in [2.75, 3.05) is 25.2 Å². The van der Waals surface area contributed by atoms with Gasteiger partial charge in [-0.3, -0.25) is 9.69 Å². The van der Waals surface area contributed by atoms with Crippen LogP contribution in [0.25, 0.3) is 11.4 Å². The van der Waals surface area contributed by atoms with Crippen molar-refractivity contribution in [2.45, 2.75) is 84.0 Å². The van der Waals surface area contributed by atoms with Crippen LogP contribution in [-0.2, 0) is 45.3 Å². The number of anilines is 1. The topological polar surface area (TPSA) is 114 Å². The number of hydrogen-bond acceptors (Lipinski definition) is 9. The summed E-state index contributed by atoms with van der Waals surface area (Å²) < 4.78 is 53.2. The Kier molecular flexibility index (Phi) is 13.0. The number of benzene rings is 2. The summed E-state index contributed by atoms with van der Waals surface area (Å²) in [5.41, 5.74) is 2.43. The number of carbonyl (C=O) groups is 1. The SMILES string of the molecule is COc1ccc(CN(C(=O)CCc2cc(F)c(Cl)c(F)c2)c2nc(-c3cnncc3COC3CCCCO3)n(COCC[Si](C)(C)C)n2)cc1. The summed E-state index contributed by atoms with van der Waals surface area (Å²) in [6, 6.07) is 10.5. The monoisotopic (exact) mass is 728 g/mol. The van der Waals surface area contributed by atoms with Gasteiger partial charge in [0.25, 0.3) is 5.95 Å². The molecule has 0 N–H and O–H groups in total. The van der Waals surface area contributed by atoms with Crippen molar-refractivity contribution in [2.24, 2.45) is 0 Å². The minimum atomic E-state index is -1.37. The van der Waals surface area contributed by atoms with Gasteiger partial charge in [-0.15, -0.1) is 5.10 Å². The number of nitrogens with zero attached hydrogens (tertiary/aromatic N) is 6. The lowest BCUT2D eigenvalue weighted by Gasteiger charge is -2.23. The van der Waals surface area contributed by atoms with Crippen LogP contribution in [0.1, 0.15) is 42.4 Å². The maximum Gasteiger partial charge on any atom is 0.252 e. The van der Waals surface area contributed by atoms with Gasteiger partial charge in [-0.1, -0.05) is 43.4 Å². The molecular weight excluding hydrogens is 686 g/mol. The number of halogens is 3. The van der Waals surface area contributed by atoms with Crippen LogP contribution in [0.15, 0.2) is 48.8 Å². The molecule has 50 heavy (non-hydrogen) atoms. The van der Waals surface area contributed by atoms with E-state index in [1.165, 1.54) is 4.90 Å². The molecule has 4 aromatic rings. The van der Waals surface area contributed by atoms with Crippen molar-refractivity contribution in [3.05, 3.63) is 82.1 Å². The molecule has 0 bridgehead atoms. The first kappa shape index (κ1) is 37.4. The fourth-order valence-electron chi connectivity index (χ4n) is 5.27. The van der Waals surface area contributed by atoms with Gasteiger partial charge in [0, 0.05) is 38.8 Å². The summed E-state index contributed by atoms with van der Waals surface area (Å²) in [6.45, 7) is 8.41. The standard InChI is InChI=1S/C35H43ClF2N6O5Si/c1-46-27-11-8-24(9-12-27)21-43(31(45)13-10-25-17-29(37)33(36)30(38)18-25)35-41-34(44(42-35)23-47-15-16-50(2,3)4)28-20-40-39-19-26(28)22-49-32-7-5-6-14-48-32/h8-9,11-12,17-20,32H,5-7,10,13-16,21-23H2,1-4H3. The molecule has 268 valence electrons. The van der Waals surface area contributed by atoms with E-state index in [0.717, 1.165) is 48.6 Å². The molecule has 1 aliphatic heterocycles. The van der Waals surface area contributed by atoms with Gasteiger partial charge < -0.3 is 18.9 Å². The molecule has 5 rings (SSSR count). The van der Waals surface area contributed by atoms with Crippen LogP contribution in [0.5, 0.6) is 5.75 Å². The van der Waals surface area contributed by atoms with Crippen molar-refractivity contribution in [1.82, 2.24) is 25.0 Å². The molecule has 0 spiro atoms. The molecule has 2 aromatic heterocycles. The van der Waals surface area contributed by atoms with Gasteiger partial charge in [0.2, 0.25) is 5.91 Å². The minimum absolute atomic E-state index is 0.0648. The van der Waals surface area contributed by atoms with Gasteiger partial charge in [-0.05, 0) is 67.1 Å². The Morgan fingerprint density at radius 2 is 1.82 bits per heavy atom. The van der Waals surface area contributed by atoms with Crippen LogP contribution >= 0.6 is 11.6 Å². The van der Waals surface area contributed by atoms with Gasteiger partial charge in [-0.25, -0.2) is 13.5 Å². The molecule has 0 aliphatic carbocycles. The highest BCUT2D eigenvalue weighted by Crippen LogP contribution is 2.28. The lowest BCUT2D eigenvalue weighted by Crippen LogP contribution is -2.31. The van der Waals surface area contributed by atoms with E-state index in [0.29, 0.717) is 35.9 Å². The second kappa shape index (κ2) is 17.4. The molecule has 1 aliphatic rings. The van der Waals surface area contributed by atoms with Crippen molar-refractivity contribution in [3.8, 4) is 17.1 Å². The smallest absolute Gasteiger partial charge is 0.252 e. The number of carbonyl (C=O) groups excluding carboxylic acids is 1. The highest BCUT2D eigenvalue weighted by Gasteiger charge is 2.26. The normalized spacial score (nSPS) is 14.9. The number of amides is 1.